The molecule has 220 valence electrons. The van der Waals surface area contributed by atoms with Gasteiger partial charge >= 0.3 is 18.1 Å². The Morgan fingerprint density at radius 3 is 2.44 bits per heavy atom. The van der Waals surface area contributed by atoms with Gasteiger partial charge in [0.1, 0.15) is 5.52 Å². The van der Waals surface area contributed by atoms with Crippen molar-refractivity contribution in [2.45, 2.75) is 26.1 Å². The number of hydrogen-bond donors (Lipinski definition) is 0. The van der Waals surface area contributed by atoms with E-state index in [1.165, 1.54) is 12.0 Å². The van der Waals surface area contributed by atoms with Crippen molar-refractivity contribution in [3.8, 4) is 17.1 Å². The maximum absolute atomic E-state index is 13.7. The molecule has 0 amide bonds. The van der Waals surface area contributed by atoms with Crippen molar-refractivity contribution in [1.29, 1.82) is 0 Å². The molecule has 1 aliphatic rings. The number of fused-ring (bicyclic) bond motifs is 1. The molecular formula is C26H29F3N6O6. The van der Waals surface area contributed by atoms with Crippen molar-refractivity contribution < 1.29 is 37.0 Å². The Kier molecular flexibility index (Phi) is 9.50. The van der Waals surface area contributed by atoms with Gasteiger partial charge in [0.15, 0.2) is 5.82 Å². The van der Waals surface area contributed by atoms with Gasteiger partial charge in [-0.3, -0.25) is 19.5 Å². The minimum Gasteiger partial charge on any atom is -0.481 e. The summed E-state index contributed by atoms with van der Waals surface area (Å²) in [6.45, 7) is 3.62. The number of ether oxygens (including phenoxy) is 3. The molecule has 0 saturated carbocycles. The summed E-state index contributed by atoms with van der Waals surface area (Å²) in [7, 11) is 1.52. The largest absolute Gasteiger partial charge is 0.491 e. The number of aromatic nitrogens is 4. The van der Waals surface area contributed by atoms with Gasteiger partial charge < -0.3 is 23.7 Å². The third-order valence-electron chi connectivity index (χ3n) is 6.33. The third kappa shape index (κ3) is 7.35. The number of alkyl halides is 3. The van der Waals surface area contributed by atoms with Crippen LogP contribution in [0.1, 0.15) is 13.3 Å². The second kappa shape index (κ2) is 13.0. The molecule has 1 saturated heterocycles. The van der Waals surface area contributed by atoms with Crippen molar-refractivity contribution in [2.75, 3.05) is 57.9 Å². The molecule has 4 rings (SSSR count). The SMILES string of the molecule is CCCOCCn1c(=O)c(N2CCN(CC(=O)OC(=O)C(F)(F)F)CC2)nc2cnc(-c3ccc(OC)nc3)cc21. The van der Waals surface area contributed by atoms with Crippen LogP contribution in [0.25, 0.3) is 22.3 Å². The van der Waals surface area contributed by atoms with E-state index in [-0.39, 0.29) is 44.1 Å². The zero-order valence-electron chi connectivity index (χ0n) is 22.5. The molecule has 0 radical (unpaired) electrons. The van der Waals surface area contributed by atoms with Crippen LogP contribution in [0, 0.1) is 0 Å². The molecule has 0 unspecified atom stereocenters. The number of carbonyl (C=O) groups is 2. The number of rotatable bonds is 10. The van der Waals surface area contributed by atoms with Crippen molar-refractivity contribution in [2.24, 2.45) is 0 Å². The maximum atomic E-state index is 13.7. The van der Waals surface area contributed by atoms with Gasteiger partial charge in [0.2, 0.25) is 5.88 Å². The maximum Gasteiger partial charge on any atom is 0.491 e. The molecule has 41 heavy (non-hydrogen) atoms. The molecule has 15 heteroatoms. The fourth-order valence-corrected chi connectivity index (χ4v) is 4.27. The van der Waals surface area contributed by atoms with Crippen LogP contribution in [0.3, 0.4) is 0 Å². The number of nitrogens with zero attached hydrogens (tertiary/aromatic N) is 6. The summed E-state index contributed by atoms with van der Waals surface area (Å²) in [5.41, 5.74) is 2.03. The van der Waals surface area contributed by atoms with Gasteiger partial charge in [-0.2, -0.15) is 13.2 Å². The van der Waals surface area contributed by atoms with E-state index in [4.69, 9.17) is 9.47 Å². The van der Waals surface area contributed by atoms with Crippen LogP contribution in [0.2, 0.25) is 0 Å². The first kappa shape index (κ1) is 29.9. The summed E-state index contributed by atoms with van der Waals surface area (Å²) in [6.07, 6.45) is -1.22. The number of pyridine rings is 2. The van der Waals surface area contributed by atoms with E-state index in [9.17, 15) is 27.6 Å². The van der Waals surface area contributed by atoms with Gasteiger partial charge in [0, 0.05) is 57.2 Å². The number of halogens is 3. The lowest BCUT2D eigenvalue weighted by Gasteiger charge is -2.34. The first-order chi connectivity index (χ1) is 19.6. The van der Waals surface area contributed by atoms with E-state index in [0.717, 1.165) is 12.0 Å². The first-order valence-electron chi connectivity index (χ1n) is 12.9. The zero-order valence-corrected chi connectivity index (χ0v) is 22.5. The van der Waals surface area contributed by atoms with Crippen LogP contribution in [-0.4, -0.2) is 95.6 Å². The normalized spacial score (nSPS) is 14.3. The van der Waals surface area contributed by atoms with Crippen LogP contribution in [0.4, 0.5) is 19.0 Å². The van der Waals surface area contributed by atoms with Gasteiger partial charge in [-0.05, 0) is 18.6 Å². The van der Waals surface area contributed by atoms with E-state index in [0.29, 0.717) is 35.8 Å². The van der Waals surface area contributed by atoms with Crippen molar-refractivity contribution in [3.05, 3.63) is 40.9 Å². The minimum atomic E-state index is -5.25. The predicted molar refractivity (Wildman–Crippen MR) is 140 cm³/mol. The summed E-state index contributed by atoms with van der Waals surface area (Å²) in [6, 6.07) is 5.28. The Balaban J connectivity index is 1.55. The highest BCUT2D eigenvalue weighted by atomic mass is 19.4. The second-order valence-electron chi connectivity index (χ2n) is 9.17. The Morgan fingerprint density at radius 2 is 1.80 bits per heavy atom. The van der Waals surface area contributed by atoms with Crippen LogP contribution in [-0.2, 0) is 25.6 Å². The fraction of sp³-hybridized carbons (Fsp3) is 0.462. The van der Waals surface area contributed by atoms with Gasteiger partial charge in [0.05, 0.1) is 37.7 Å². The lowest BCUT2D eigenvalue weighted by Crippen LogP contribution is -2.50. The van der Waals surface area contributed by atoms with Crippen LogP contribution < -0.4 is 15.2 Å². The van der Waals surface area contributed by atoms with Crippen molar-refractivity contribution in [1.82, 2.24) is 24.4 Å². The zero-order chi connectivity index (χ0) is 29.6. The molecule has 0 bridgehead atoms. The highest BCUT2D eigenvalue weighted by Crippen LogP contribution is 2.23. The molecule has 1 aliphatic heterocycles. The van der Waals surface area contributed by atoms with E-state index in [1.807, 2.05) is 13.0 Å². The summed E-state index contributed by atoms with van der Waals surface area (Å²) in [5.74, 6) is -3.21. The molecule has 0 N–H and O–H groups in total. The van der Waals surface area contributed by atoms with E-state index >= 15 is 0 Å². The van der Waals surface area contributed by atoms with Crippen molar-refractivity contribution in [3.63, 3.8) is 0 Å². The molecule has 0 aliphatic carbocycles. The van der Waals surface area contributed by atoms with Crippen LogP contribution in [0.5, 0.6) is 5.88 Å². The topological polar surface area (TPSA) is 129 Å². The monoisotopic (exact) mass is 578 g/mol. The van der Waals surface area contributed by atoms with E-state index in [2.05, 4.69) is 19.7 Å². The predicted octanol–water partition coefficient (Wildman–Crippen LogP) is 2.04. The lowest BCUT2D eigenvalue weighted by atomic mass is 10.2. The molecular weight excluding hydrogens is 549 g/mol. The van der Waals surface area contributed by atoms with Gasteiger partial charge in [-0.1, -0.05) is 6.92 Å². The van der Waals surface area contributed by atoms with Crippen LogP contribution in [0.15, 0.2) is 35.4 Å². The quantitative estimate of drug-likeness (QED) is 0.199. The Hall–Kier alpha value is -4.11. The molecule has 3 aromatic heterocycles. The van der Waals surface area contributed by atoms with Gasteiger partial charge in [-0.15, -0.1) is 0 Å². The highest BCUT2D eigenvalue weighted by Gasteiger charge is 2.42. The number of piperazine rings is 1. The summed E-state index contributed by atoms with van der Waals surface area (Å²) in [4.78, 5) is 53.0. The van der Waals surface area contributed by atoms with E-state index in [1.54, 1.807) is 34.0 Å². The molecule has 0 atom stereocenters. The number of hydrogen-bond acceptors (Lipinski definition) is 11. The Labute approximate surface area is 232 Å². The summed E-state index contributed by atoms with van der Waals surface area (Å²) in [5, 5.41) is 0. The standard InChI is InChI=1S/C26H29F3N6O6/c1-3-11-40-12-10-35-20-13-18(17-4-5-21(39-2)31-14-17)30-15-19(20)32-23(24(35)37)34-8-6-33(7-9-34)16-22(36)41-25(38)26(27,28)29/h4-5,13-15H,3,6-12,16H2,1-2H3. The molecule has 12 nitrogen and oxygen atoms in total. The molecule has 1 fully saturated rings. The van der Waals surface area contributed by atoms with E-state index < -0.39 is 24.7 Å². The lowest BCUT2D eigenvalue weighted by molar-refractivity contribution is -0.202. The Morgan fingerprint density at radius 1 is 1.05 bits per heavy atom. The summed E-state index contributed by atoms with van der Waals surface area (Å²) >= 11 is 0. The Bertz CT molecular complexity index is 1440. The fourth-order valence-electron chi connectivity index (χ4n) is 4.27. The van der Waals surface area contributed by atoms with Crippen LogP contribution >= 0.6 is 0 Å². The van der Waals surface area contributed by atoms with Crippen molar-refractivity contribution >= 4 is 28.8 Å². The average molecular weight is 579 g/mol. The molecule has 0 spiro atoms. The number of carbonyl (C=O) groups excluding carboxylic acids is 2. The average Bonchev–Trinajstić information content (AvgIpc) is 2.95. The number of anilines is 1. The number of methoxy groups -OCH3 is 1. The minimum absolute atomic E-state index is 0.183. The second-order valence-corrected chi connectivity index (χ2v) is 9.17. The van der Waals surface area contributed by atoms with Gasteiger partial charge in [-0.25, -0.2) is 14.8 Å². The van der Waals surface area contributed by atoms with Gasteiger partial charge in [0.25, 0.3) is 5.56 Å². The smallest absolute Gasteiger partial charge is 0.481 e. The summed E-state index contributed by atoms with van der Waals surface area (Å²) < 4.78 is 53.3. The molecule has 4 heterocycles. The number of esters is 2. The first-order valence-corrected chi connectivity index (χ1v) is 12.9. The molecule has 0 aromatic carbocycles. The highest BCUT2D eigenvalue weighted by molar-refractivity contribution is 5.89. The molecule has 3 aromatic rings. The third-order valence-corrected chi connectivity index (χ3v) is 6.33.